The van der Waals surface area contributed by atoms with Crippen LogP contribution in [0, 0.1) is 0 Å². The van der Waals surface area contributed by atoms with E-state index in [0.717, 1.165) is 25.0 Å². The van der Waals surface area contributed by atoms with Crippen LogP contribution in [-0.2, 0) is 19.1 Å². The molecule has 16 heavy (non-hydrogen) atoms. The van der Waals surface area contributed by atoms with Gasteiger partial charge in [0, 0.05) is 18.8 Å². The van der Waals surface area contributed by atoms with Crippen molar-refractivity contribution >= 4 is 11.9 Å². The molecule has 0 saturated carbocycles. The standard InChI is InChI=1S/C10H14O5.H3N/c1-7(8-3-2-6-14-8)15-10(13)5-4-9(11)12;/h4-5,7-8H,2-3,6H2,1H3,(H,11,12);1H3/b5-4+;. The number of carboxylic acid groups (broad SMARTS) is 1. The van der Waals surface area contributed by atoms with Crippen LogP contribution in [-0.4, -0.2) is 35.9 Å². The molecule has 1 aliphatic rings. The first kappa shape index (κ1) is 14.6. The smallest absolute Gasteiger partial charge is 0.331 e. The molecule has 2 atom stereocenters. The third-order valence-electron chi connectivity index (χ3n) is 2.15. The second-order valence-corrected chi connectivity index (χ2v) is 3.37. The lowest BCUT2D eigenvalue weighted by molar-refractivity contribution is -0.148. The van der Waals surface area contributed by atoms with Gasteiger partial charge in [-0.3, -0.25) is 0 Å². The Bertz CT molecular complexity index is 270. The second-order valence-electron chi connectivity index (χ2n) is 3.37. The number of carbonyl (C=O) groups excluding carboxylic acids is 1. The van der Waals surface area contributed by atoms with Crippen LogP contribution in [0.3, 0.4) is 0 Å². The molecule has 0 bridgehead atoms. The van der Waals surface area contributed by atoms with E-state index in [4.69, 9.17) is 14.6 Å². The molecule has 1 aliphatic heterocycles. The van der Waals surface area contributed by atoms with Gasteiger partial charge >= 0.3 is 11.9 Å². The normalized spacial score (nSPS) is 21.4. The molecule has 6 heteroatoms. The van der Waals surface area contributed by atoms with Crippen LogP contribution in [0.2, 0.25) is 0 Å². The van der Waals surface area contributed by atoms with Crippen molar-refractivity contribution in [2.45, 2.75) is 32.0 Å². The fourth-order valence-corrected chi connectivity index (χ4v) is 1.41. The zero-order chi connectivity index (χ0) is 11.3. The summed E-state index contributed by atoms with van der Waals surface area (Å²) in [7, 11) is 0. The van der Waals surface area contributed by atoms with Crippen LogP contribution in [0.5, 0.6) is 0 Å². The zero-order valence-corrected chi connectivity index (χ0v) is 9.22. The highest BCUT2D eigenvalue weighted by Gasteiger charge is 2.24. The summed E-state index contributed by atoms with van der Waals surface area (Å²) < 4.78 is 10.3. The number of carbonyl (C=O) groups is 2. The molecular formula is C10H17NO5. The zero-order valence-electron chi connectivity index (χ0n) is 9.22. The van der Waals surface area contributed by atoms with E-state index in [1.165, 1.54) is 0 Å². The Morgan fingerprint density at radius 2 is 2.19 bits per heavy atom. The van der Waals surface area contributed by atoms with E-state index in [0.29, 0.717) is 6.61 Å². The molecule has 0 aliphatic carbocycles. The molecule has 0 aromatic carbocycles. The first-order valence-electron chi connectivity index (χ1n) is 4.83. The van der Waals surface area contributed by atoms with Crippen molar-refractivity contribution in [3.05, 3.63) is 12.2 Å². The van der Waals surface area contributed by atoms with Gasteiger partial charge in [0.25, 0.3) is 0 Å². The monoisotopic (exact) mass is 231 g/mol. The predicted molar refractivity (Wildman–Crippen MR) is 56.3 cm³/mol. The van der Waals surface area contributed by atoms with Gasteiger partial charge in [-0.15, -0.1) is 0 Å². The summed E-state index contributed by atoms with van der Waals surface area (Å²) in [6, 6.07) is 0. The largest absolute Gasteiger partial charge is 0.478 e. The molecule has 92 valence electrons. The molecule has 0 spiro atoms. The number of aliphatic carboxylic acids is 1. The first-order valence-corrected chi connectivity index (χ1v) is 4.83. The van der Waals surface area contributed by atoms with E-state index in [1.54, 1.807) is 6.92 Å². The van der Waals surface area contributed by atoms with Gasteiger partial charge in [0.1, 0.15) is 6.10 Å². The van der Waals surface area contributed by atoms with Crippen molar-refractivity contribution < 1.29 is 24.2 Å². The molecule has 1 heterocycles. The van der Waals surface area contributed by atoms with Crippen LogP contribution >= 0.6 is 0 Å². The highest BCUT2D eigenvalue weighted by Crippen LogP contribution is 2.17. The minimum absolute atomic E-state index is 0. The molecule has 0 aromatic heterocycles. The Morgan fingerprint density at radius 1 is 1.50 bits per heavy atom. The van der Waals surface area contributed by atoms with Crippen molar-refractivity contribution in [3.63, 3.8) is 0 Å². The van der Waals surface area contributed by atoms with E-state index in [2.05, 4.69) is 0 Å². The van der Waals surface area contributed by atoms with Crippen molar-refractivity contribution in [3.8, 4) is 0 Å². The Labute approximate surface area is 93.8 Å². The van der Waals surface area contributed by atoms with E-state index in [-0.39, 0.29) is 18.4 Å². The lowest BCUT2D eigenvalue weighted by atomic mass is 10.1. The van der Waals surface area contributed by atoms with Gasteiger partial charge in [-0.1, -0.05) is 0 Å². The summed E-state index contributed by atoms with van der Waals surface area (Å²) in [4.78, 5) is 21.2. The number of ether oxygens (including phenoxy) is 2. The highest BCUT2D eigenvalue weighted by atomic mass is 16.6. The van der Waals surface area contributed by atoms with Crippen LogP contribution in [0.25, 0.3) is 0 Å². The Kier molecular flexibility index (Phi) is 6.36. The minimum Gasteiger partial charge on any atom is -0.478 e. The molecule has 1 saturated heterocycles. The van der Waals surface area contributed by atoms with E-state index >= 15 is 0 Å². The number of carboxylic acids is 1. The molecule has 1 rings (SSSR count). The van der Waals surface area contributed by atoms with Gasteiger partial charge in [0.2, 0.25) is 0 Å². The number of esters is 1. The predicted octanol–water partition coefficient (Wildman–Crippen LogP) is 0.900. The molecule has 1 fully saturated rings. The van der Waals surface area contributed by atoms with Crippen molar-refractivity contribution in [2.75, 3.05) is 6.61 Å². The van der Waals surface area contributed by atoms with E-state index in [1.807, 2.05) is 0 Å². The van der Waals surface area contributed by atoms with Gasteiger partial charge in [0.05, 0.1) is 6.10 Å². The molecule has 4 N–H and O–H groups in total. The number of hydrogen-bond donors (Lipinski definition) is 2. The van der Waals surface area contributed by atoms with Crippen LogP contribution in [0.15, 0.2) is 12.2 Å². The quantitative estimate of drug-likeness (QED) is 0.549. The van der Waals surface area contributed by atoms with Crippen LogP contribution in [0.1, 0.15) is 19.8 Å². The molecule has 0 amide bonds. The average molecular weight is 231 g/mol. The molecule has 6 nitrogen and oxygen atoms in total. The summed E-state index contributed by atoms with van der Waals surface area (Å²) in [6.07, 6.45) is 3.10. The topological polar surface area (TPSA) is 108 Å². The van der Waals surface area contributed by atoms with Crippen LogP contribution < -0.4 is 6.15 Å². The number of rotatable bonds is 4. The third-order valence-corrected chi connectivity index (χ3v) is 2.15. The van der Waals surface area contributed by atoms with Crippen molar-refractivity contribution in [1.82, 2.24) is 6.15 Å². The highest BCUT2D eigenvalue weighted by molar-refractivity contribution is 5.90. The molecule has 0 aromatic rings. The average Bonchev–Trinajstić information content (AvgIpc) is 2.67. The lowest BCUT2D eigenvalue weighted by Gasteiger charge is -2.17. The fraction of sp³-hybridized carbons (Fsp3) is 0.600. The third kappa shape index (κ3) is 4.90. The van der Waals surface area contributed by atoms with E-state index in [9.17, 15) is 9.59 Å². The maximum absolute atomic E-state index is 11.1. The van der Waals surface area contributed by atoms with E-state index < -0.39 is 11.9 Å². The molecular weight excluding hydrogens is 214 g/mol. The van der Waals surface area contributed by atoms with Crippen molar-refractivity contribution in [1.29, 1.82) is 0 Å². The van der Waals surface area contributed by atoms with Gasteiger partial charge in [0.15, 0.2) is 0 Å². The Balaban J connectivity index is 0.00000225. The Hall–Kier alpha value is -1.40. The molecule has 2 unspecified atom stereocenters. The Morgan fingerprint density at radius 3 is 2.69 bits per heavy atom. The minimum atomic E-state index is -1.17. The summed E-state index contributed by atoms with van der Waals surface area (Å²) >= 11 is 0. The lowest BCUT2D eigenvalue weighted by Crippen LogP contribution is -2.27. The summed E-state index contributed by atoms with van der Waals surface area (Å²) in [5, 5.41) is 8.29. The van der Waals surface area contributed by atoms with Gasteiger partial charge < -0.3 is 20.7 Å². The molecule has 0 radical (unpaired) electrons. The maximum Gasteiger partial charge on any atom is 0.331 e. The van der Waals surface area contributed by atoms with Gasteiger partial charge in [-0.25, -0.2) is 9.59 Å². The summed E-state index contributed by atoms with van der Waals surface area (Å²) in [5.74, 6) is -1.82. The maximum atomic E-state index is 11.1. The van der Waals surface area contributed by atoms with Crippen molar-refractivity contribution in [2.24, 2.45) is 0 Å². The second kappa shape index (κ2) is 6.97. The van der Waals surface area contributed by atoms with Gasteiger partial charge in [-0.2, -0.15) is 0 Å². The summed E-state index contributed by atoms with van der Waals surface area (Å²) in [5.41, 5.74) is 0. The summed E-state index contributed by atoms with van der Waals surface area (Å²) in [6.45, 7) is 2.43. The first-order chi connectivity index (χ1) is 7.09. The van der Waals surface area contributed by atoms with Crippen LogP contribution in [0.4, 0.5) is 0 Å². The number of hydrogen-bond acceptors (Lipinski definition) is 5. The SMILES string of the molecule is CC(OC(=O)/C=C/C(=O)O)C1CCCO1.N. The fourth-order valence-electron chi connectivity index (χ4n) is 1.41. The van der Waals surface area contributed by atoms with Gasteiger partial charge in [-0.05, 0) is 19.8 Å².